The molecule has 0 aromatic carbocycles. The third kappa shape index (κ3) is 9.69. The van der Waals surface area contributed by atoms with E-state index in [2.05, 4.69) is 0 Å². The fourth-order valence-corrected chi connectivity index (χ4v) is 1.32. The molecule has 0 spiro atoms. The van der Waals surface area contributed by atoms with Gasteiger partial charge in [0.05, 0.1) is 13.0 Å². The van der Waals surface area contributed by atoms with Crippen LogP contribution in [0.2, 0.25) is 0 Å². The highest BCUT2D eigenvalue weighted by Gasteiger charge is 2.16. The monoisotopic (exact) mass is 228 g/mol. The molecule has 0 amide bonds. The van der Waals surface area contributed by atoms with Crippen LogP contribution in [0.1, 0.15) is 59.8 Å². The number of Topliss-reactive ketones (excluding diaryl/α,β-unsaturated/α-hetero) is 1. The Morgan fingerprint density at radius 3 is 2.25 bits per heavy atom. The Kier molecular flexibility index (Phi) is 7.02. The third-order valence-electron chi connectivity index (χ3n) is 2.10. The normalized spacial score (nSPS) is 11.2. The summed E-state index contributed by atoms with van der Waals surface area (Å²) < 4.78 is 4.97. The van der Waals surface area contributed by atoms with E-state index in [9.17, 15) is 9.59 Å². The van der Waals surface area contributed by atoms with Crippen molar-refractivity contribution in [2.75, 3.05) is 6.61 Å². The van der Waals surface area contributed by atoms with Crippen LogP contribution in [0.4, 0.5) is 0 Å². The quantitative estimate of drug-likeness (QED) is 0.496. The van der Waals surface area contributed by atoms with Gasteiger partial charge in [-0.25, -0.2) is 0 Å². The van der Waals surface area contributed by atoms with Crippen LogP contribution in [0, 0.1) is 5.41 Å². The molecule has 0 heterocycles. The molecule has 3 nitrogen and oxygen atoms in total. The van der Waals surface area contributed by atoms with Crippen molar-refractivity contribution in [2.24, 2.45) is 5.41 Å². The number of unbranched alkanes of at least 4 members (excludes halogenated alkanes) is 1. The molecule has 0 aliphatic carbocycles. The van der Waals surface area contributed by atoms with E-state index < -0.39 is 0 Å². The molecule has 0 aromatic rings. The highest BCUT2D eigenvalue weighted by atomic mass is 16.5. The molecule has 0 unspecified atom stereocenters. The van der Waals surface area contributed by atoms with Gasteiger partial charge in [0.1, 0.15) is 5.78 Å². The van der Waals surface area contributed by atoms with E-state index in [4.69, 9.17) is 4.74 Å². The summed E-state index contributed by atoms with van der Waals surface area (Å²) in [4.78, 5) is 22.7. The summed E-state index contributed by atoms with van der Waals surface area (Å²) in [5.41, 5.74) is 0.00317. The minimum atomic E-state index is -0.254. The van der Waals surface area contributed by atoms with Crippen molar-refractivity contribution in [3.63, 3.8) is 0 Å². The van der Waals surface area contributed by atoms with Crippen molar-refractivity contribution >= 4 is 11.8 Å². The van der Waals surface area contributed by atoms with Gasteiger partial charge in [-0.2, -0.15) is 0 Å². The van der Waals surface area contributed by atoms with Gasteiger partial charge in [0.2, 0.25) is 0 Å². The SMILES string of the molecule is CCCCOC(=O)CCC(=O)CC(C)(C)C. The minimum absolute atomic E-state index is 0.00317. The first kappa shape index (κ1) is 15.1. The lowest BCUT2D eigenvalue weighted by molar-refractivity contribution is -0.145. The summed E-state index contributed by atoms with van der Waals surface area (Å²) in [6.45, 7) is 8.57. The smallest absolute Gasteiger partial charge is 0.306 e. The Morgan fingerprint density at radius 1 is 1.12 bits per heavy atom. The van der Waals surface area contributed by atoms with Crippen LogP contribution in [0.5, 0.6) is 0 Å². The maximum atomic E-state index is 11.5. The maximum absolute atomic E-state index is 11.5. The van der Waals surface area contributed by atoms with E-state index in [0.29, 0.717) is 19.4 Å². The van der Waals surface area contributed by atoms with Gasteiger partial charge in [0, 0.05) is 12.8 Å². The number of esters is 1. The molecule has 3 heteroatoms. The zero-order valence-corrected chi connectivity index (χ0v) is 11.0. The second-order valence-electron chi connectivity index (χ2n) is 5.35. The van der Waals surface area contributed by atoms with Crippen molar-refractivity contribution in [1.82, 2.24) is 0 Å². The number of hydrogen-bond acceptors (Lipinski definition) is 3. The lowest BCUT2D eigenvalue weighted by Gasteiger charge is -2.16. The average Bonchev–Trinajstić information content (AvgIpc) is 2.12. The second kappa shape index (κ2) is 7.42. The van der Waals surface area contributed by atoms with Crippen molar-refractivity contribution in [1.29, 1.82) is 0 Å². The topological polar surface area (TPSA) is 43.4 Å². The Balaban J connectivity index is 3.63. The number of carbonyl (C=O) groups is 2. The Morgan fingerprint density at radius 2 is 1.75 bits per heavy atom. The van der Waals surface area contributed by atoms with Gasteiger partial charge in [0.15, 0.2) is 0 Å². The van der Waals surface area contributed by atoms with Gasteiger partial charge in [-0.1, -0.05) is 34.1 Å². The second-order valence-corrected chi connectivity index (χ2v) is 5.35. The molecular weight excluding hydrogens is 204 g/mol. The standard InChI is InChI=1S/C13H24O3/c1-5-6-9-16-12(15)8-7-11(14)10-13(2,3)4/h5-10H2,1-4H3. The zero-order valence-electron chi connectivity index (χ0n) is 11.0. The molecule has 0 rings (SSSR count). The predicted octanol–water partition coefficient (Wildman–Crippen LogP) is 3.12. The van der Waals surface area contributed by atoms with E-state index in [1.165, 1.54) is 0 Å². The zero-order chi connectivity index (χ0) is 12.6. The van der Waals surface area contributed by atoms with Crippen molar-refractivity contribution in [2.45, 2.75) is 59.8 Å². The number of ether oxygens (including phenoxy) is 1. The van der Waals surface area contributed by atoms with E-state index >= 15 is 0 Å². The molecule has 0 N–H and O–H groups in total. The molecule has 0 radical (unpaired) electrons. The third-order valence-corrected chi connectivity index (χ3v) is 2.10. The fourth-order valence-electron chi connectivity index (χ4n) is 1.32. The largest absolute Gasteiger partial charge is 0.466 e. The minimum Gasteiger partial charge on any atom is -0.466 e. The Hall–Kier alpha value is -0.860. The summed E-state index contributed by atoms with van der Waals surface area (Å²) in [7, 11) is 0. The van der Waals surface area contributed by atoms with Crippen LogP contribution in [-0.4, -0.2) is 18.4 Å². The molecule has 94 valence electrons. The molecule has 16 heavy (non-hydrogen) atoms. The summed E-state index contributed by atoms with van der Waals surface area (Å²) in [5, 5.41) is 0. The molecule has 0 saturated carbocycles. The van der Waals surface area contributed by atoms with E-state index in [-0.39, 0.29) is 23.6 Å². The summed E-state index contributed by atoms with van der Waals surface area (Å²) in [6, 6.07) is 0. The number of carbonyl (C=O) groups excluding carboxylic acids is 2. The van der Waals surface area contributed by atoms with Crippen LogP contribution >= 0.6 is 0 Å². The van der Waals surface area contributed by atoms with Crippen LogP contribution in [-0.2, 0) is 14.3 Å². The van der Waals surface area contributed by atoms with Crippen LogP contribution in [0.15, 0.2) is 0 Å². The molecule has 0 atom stereocenters. The van der Waals surface area contributed by atoms with Gasteiger partial charge in [0.25, 0.3) is 0 Å². The van der Waals surface area contributed by atoms with Crippen molar-refractivity contribution in [3.05, 3.63) is 0 Å². The Bertz CT molecular complexity index is 226. The summed E-state index contributed by atoms with van der Waals surface area (Å²) in [5.74, 6) is -0.115. The number of rotatable bonds is 7. The highest BCUT2D eigenvalue weighted by Crippen LogP contribution is 2.19. The summed E-state index contributed by atoms with van der Waals surface area (Å²) >= 11 is 0. The molecule has 0 aliphatic heterocycles. The molecular formula is C13H24O3. The lowest BCUT2D eigenvalue weighted by atomic mass is 9.89. The average molecular weight is 228 g/mol. The molecule has 0 bridgehead atoms. The van der Waals surface area contributed by atoms with Crippen molar-refractivity contribution < 1.29 is 14.3 Å². The van der Waals surface area contributed by atoms with E-state index in [1.54, 1.807) is 0 Å². The summed E-state index contributed by atoms with van der Waals surface area (Å²) in [6.07, 6.45) is 2.95. The van der Waals surface area contributed by atoms with Gasteiger partial charge >= 0.3 is 5.97 Å². The van der Waals surface area contributed by atoms with Crippen LogP contribution in [0.3, 0.4) is 0 Å². The van der Waals surface area contributed by atoms with E-state index in [1.807, 2.05) is 27.7 Å². The predicted molar refractivity (Wildman–Crippen MR) is 64.2 cm³/mol. The van der Waals surface area contributed by atoms with Crippen LogP contribution < -0.4 is 0 Å². The first-order chi connectivity index (χ1) is 7.35. The number of ketones is 1. The maximum Gasteiger partial charge on any atom is 0.306 e. The molecule has 0 aromatic heterocycles. The molecule has 0 fully saturated rings. The van der Waals surface area contributed by atoms with E-state index in [0.717, 1.165) is 12.8 Å². The molecule has 0 aliphatic rings. The van der Waals surface area contributed by atoms with Gasteiger partial charge in [-0.3, -0.25) is 9.59 Å². The van der Waals surface area contributed by atoms with Crippen molar-refractivity contribution in [3.8, 4) is 0 Å². The highest BCUT2D eigenvalue weighted by molar-refractivity contribution is 5.83. The first-order valence-corrected chi connectivity index (χ1v) is 6.02. The lowest BCUT2D eigenvalue weighted by Crippen LogP contribution is -2.15. The Labute approximate surface area is 98.6 Å². The van der Waals surface area contributed by atoms with Gasteiger partial charge in [-0.15, -0.1) is 0 Å². The van der Waals surface area contributed by atoms with Gasteiger partial charge < -0.3 is 4.74 Å². The van der Waals surface area contributed by atoms with Gasteiger partial charge in [-0.05, 0) is 11.8 Å². The first-order valence-electron chi connectivity index (χ1n) is 6.02. The number of hydrogen-bond donors (Lipinski definition) is 0. The fraction of sp³-hybridized carbons (Fsp3) is 0.846. The molecule has 0 saturated heterocycles. The van der Waals surface area contributed by atoms with Crippen LogP contribution in [0.25, 0.3) is 0 Å².